The zero-order valence-corrected chi connectivity index (χ0v) is 38.0. The van der Waals surface area contributed by atoms with Crippen LogP contribution in [0.1, 0.15) is 201 Å². The average Bonchev–Trinajstić information content (AvgIpc) is 3.23. The van der Waals surface area contributed by atoms with Gasteiger partial charge in [0, 0.05) is 19.3 Å². The smallest absolute Gasteiger partial charge is 0.306 e. The van der Waals surface area contributed by atoms with Crippen molar-refractivity contribution in [2.75, 3.05) is 13.2 Å². The summed E-state index contributed by atoms with van der Waals surface area (Å²) in [6.07, 6.45) is 61.0. The first-order valence-electron chi connectivity index (χ1n) is 23.8. The molecule has 0 spiro atoms. The molecule has 0 aliphatic heterocycles. The van der Waals surface area contributed by atoms with Gasteiger partial charge < -0.3 is 14.2 Å². The molecule has 0 saturated carbocycles. The summed E-state index contributed by atoms with van der Waals surface area (Å²) in [6, 6.07) is 0. The normalized spacial score (nSPS) is 12.9. The van der Waals surface area contributed by atoms with Crippen LogP contribution in [0.5, 0.6) is 0 Å². The first kappa shape index (κ1) is 55.3. The molecule has 0 fully saturated rings. The van der Waals surface area contributed by atoms with E-state index in [9.17, 15) is 14.4 Å². The van der Waals surface area contributed by atoms with Crippen molar-refractivity contribution in [3.05, 3.63) is 97.2 Å². The minimum absolute atomic E-state index is 0.104. The Morgan fingerprint density at radius 1 is 0.373 bits per heavy atom. The van der Waals surface area contributed by atoms with Crippen molar-refractivity contribution in [3.8, 4) is 0 Å². The lowest BCUT2D eigenvalue weighted by Crippen LogP contribution is -2.30. The van der Waals surface area contributed by atoms with Gasteiger partial charge in [-0.15, -0.1) is 0 Å². The van der Waals surface area contributed by atoms with Crippen molar-refractivity contribution in [1.29, 1.82) is 0 Å². The minimum atomic E-state index is -0.806. The van der Waals surface area contributed by atoms with E-state index in [-0.39, 0.29) is 37.5 Å². The second-order valence-electron chi connectivity index (χ2n) is 15.3. The summed E-state index contributed by atoms with van der Waals surface area (Å²) in [4.78, 5) is 37.8. The van der Waals surface area contributed by atoms with E-state index in [4.69, 9.17) is 14.2 Å². The van der Waals surface area contributed by atoms with Crippen LogP contribution in [-0.4, -0.2) is 37.2 Å². The molecule has 1 atom stereocenters. The van der Waals surface area contributed by atoms with Crippen molar-refractivity contribution in [3.63, 3.8) is 0 Å². The summed E-state index contributed by atoms with van der Waals surface area (Å²) in [7, 11) is 0. The number of unbranched alkanes of at least 4 members (excludes halogenated alkanes) is 17. The Bertz CT molecular complexity index is 1220. The van der Waals surface area contributed by atoms with E-state index in [1.54, 1.807) is 0 Å². The third kappa shape index (κ3) is 45.3. The summed E-state index contributed by atoms with van der Waals surface area (Å²) in [5, 5.41) is 0. The molecule has 6 nitrogen and oxygen atoms in total. The van der Waals surface area contributed by atoms with Crippen LogP contribution in [0.25, 0.3) is 0 Å². The van der Waals surface area contributed by atoms with E-state index in [0.717, 1.165) is 109 Å². The van der Waals surface area contributed by atoms with Gasteiger partial charge in [-0.3, -0.25) is 14.4 Å². The lowest BCUT2D eigenvalue weighted by Gasteiger charge is -2.18. The Morgan fingerprint density at radius 3 is 1.27 bits per heavy atom. The quantitative estimate of drug-likeness (QED) is 0.0201. The van der Waals surface area contributed by atoms with Gasteiger partial charge >= 0.3 is 17.9 Å². The van der Waals surface area contributed by atoms with E-state index >= 15 is 0 Å². The van der Waals surface area contributed by atoms with Crippen molar-refractivity contribution < 1.29 is 28.6 Å². The number of hydrogen-bond donors (Lipinski definition) is 0. The average molecular weight is 819 g/mol. The van der Waals surface area contributed by atoms with Crippen LogP contribution in [-0.2, 0) is 28.6 Å². The standard InChI is InChI=1S/C53H86O6/c1-4-7-10-13-16-19-22-25-26-27-29-31-34-37-40-43-46-52(55)58-49-50(48-57-51(54)45-42-39-36-33-30-24-21-18-15-12-9-6-3)59-53(56)47-44-41-38-35-32-28-23-20-17-14-11-8-5-2/h7-8,10-11,14,16-21,23,25-26,28,32,50H,4-6,9,12-13,15,22,24,27,29-31,33-49H2,1-3H3/b10-7-,11-8-,17-14-,19-16-,21-18-,23-20-,26-25-,32-28-. The number of carbonyl (C=O) groups excluding carboxylic acids is 3. The van der Waals surface area contributed by atoms with Gasteiger partial charge in [-0.25, -0.2) is 0 Å². The molecule has 334 valence electrons. The Balaban J connectivity index is 4.48. The molecule has 0 aliphatic rings. The van der Waals surface area contributed by atoms with Gasteiger partial charge in [-0.05, 0) is 96.3 Å². The predicted molar refractivity (Wildman–Crippen MR) is 251 cm³/mol. The van der Waals surface area contributed by atoms with Gasteiger partial charge in [-0.2, -0.15) is 0 Å². The fraction of sp³-hybridized carbons (Fsp3) is 0.642. The molecule has 0 aliphatic carbocycles. The predicted octanol–water partition coefficient (Wildman–Crippen LogP) is 15.4. The molecule has 0 amide bonds. The Kier molecular flexibility index (Phi) is 44.1. The SMILES string of the molecule is CC\C=C/C=C\C=C/C=C\CCCCCC(=O)OC(COC(=O)CCCCCCC/C=C\CCCCC)COC(=O)CCCCCCCC/C=C\C/C=C\C/C=C\CC. The molecule has 0 aromatic carbocycles. The second kappa shape index (κ2) is 47.0. The van der Waals surface area contributed by atoms with Crippen molar-refractivity contribution in [2.24, 2.45) is 0 Å². The molecular weight excluding hydrogens is 733 g/mol. The topological polar surface area (TPSA) is 78.9 Å². The third-order valence-corrected chi connectivity index (χ3v) is 9.65. The Morgan fingerprint density at radius 2 is 0.746 bits per heavy atom. The maximum absolute atomic E-state index is 12.7. The summed E-state index contributed by atoms with van der Waals surface area (Å²) in [6.45, 7) is 6.29. The third-order valence-electron chi connectivity index (χ3n) is 9.65. The molecule has 0 aromatic heterocycles. The lowest BCUT2D eigenvalue weighted by atomic mass is 10.1. The highest BCUT2D eigenvalue weighted by atomic mass is 16.6. The van der Waals surface area contributed by atoms with Gasteiger partial charge in [0.15, 0.2) is 6.10 Å². The van der Waals surface area contributed by atoms with E-state index in [2.05, 4.69) is 81.5 Å². The summed E-state index contributed by atoms with van der Waals surface area (Å²) in [5.41, 5.74) is 0. The number of rotatable bonds is 41. The molecule has 0 bridgehead atoms. The second-order valence-corrected chi connectivity index (χ2v) is 15.3. The molecule has 0 radical (unpaired) electrons. The van der Waals surface area contributed by atoms with Crippen LogP contribution in [0.4, 0.5) is 0 Å². The molecule has 0 rings (SSSR count). The highest BCUT2D eigenvalue weighted by Gasteiger charge is 2.19. The monoisotopic (exact) mass is 819 g/mol. The molecule has 0 heterocycles. The van der Waals surface area contributed by atoms with Gasteiger partial charge in [0.25, 0.3) is 0 Å². The zero-order chi connectivity index (χ0) is 43.0. The Labute approximate surface area is 362 Å². The van der Waals surface area contributed by atoms with Crippen LogP contribution in [0.15, 0.2) is 97.2 Å². The van der Waals surface area contributed by atoms with Gasteiger partial charge in [0.1, 0.15) is 13.2 Å². The van der Waals surface area contributed by atoms with Crippen molar-refractivity contribution in [2.45, 2.75) is 207 Å². The first-order valence-corrected chi connectivity index (χ1v) is 23.8. The first-order chi connectivity index (χ1) is 29.0. The minimum Gasteiger partial charge on any atom is -0.462 e. The number of hydrogen-bond acceptors (Lipinski definition) is 6. The molecule has 0 aromatic rings. The molecule has 6 heteroatoms. The number of esters is 3. The summed E-state index contributed by atoms with van der Waals surface area (Å²) >= 11 is 0. The molecule has 0 N–H and O–H groups in total. The van der Waals surface area contributed by atoms with Crippen LogP contribution >= 0.6 is 0 Å². The highest BCUT2D eigenvalue weighted by Crippen LogP contribution is 2.13. The van der Waals surface area contributed by atoms with E-state index in [1.165, 1.54) is 44.9 Å². The maximum atomic E-state index is 12.7. The van der Waals surface area contributed by atoms with Crippen molar-refractivity contribution in [1.82, 2.24) is 0 Å². The molecule has 0 saturated heterocycles. The number of carbonyl (C=O) groups is 3. The van der Waals surface area contributed by atoms with Crippen LogP contribution in [0.2, 0.25) is 0 Å². The number of allylic oxidation sites excluding steroid dienone is 16. The fourth-order valence-electron chi connectivity index (χ4n) is 6.11. The van der Waals surface area contributed by atoms with E-state index < -0.39 is 6.10 Å². The van der Waals surface area contributed by atoms with Crippen LogP contribution in [0.3, 0.4) is 0 Å². The van der Waals surface area contributed by atoms with E-state index in [0.29, 0.717) is 19.3 Å². The molecule has 1 unspecified atom stereocenters. The lowest BCUT2D eigenvalue weighted by molar-refractivity contribution is -0.167. The highest BCUT2D eigenvalue weighted by molar-refractivity contribution is 5.71. The van der Waals surface area contributed by atoms with Crippen molar-refractivity contribution >= 4 is 17.9 Å². The maximum Gasteiger partial charge on any atom is 0.306 e. The Hall–Kier alpha value is -3.67. The van der Waals surface area contributed by atoms with Gasteiger partial charge in [0.05, 0.1) is 0 Å². The molecular formula is C53H86O6. The fourth-order valence-corrected chi connectivity index (χ4v) is 6.11. The van der Waals surface area contributed by atoms with Crippen LogP contribution in [0, 0.1) is 0 Å². The van der Waals surface area contributed by atoms with Gasteiger partial charge in [-0.1, -0.05) is 182 Å². The van der Waals surface area contributed by atoms with E-state index in [1.807, 2.05) is 36.5 Å². The molecule has 59 heavy (non-hydrogen) atoms. The largest absolute Gasteiger partial charge is 0.462 e. The van der Waals surface area contributed by atoms with Crippen LogP contribution < -0.4 is 0 Å². The number of ether oxygens (including phenoxy) is 3. The summed E-state index contributed by atoms with van der Waals surface area (Å²) in [5.74, 6) is -0.973. The summed E-state index contributed by atoms with van der Waals surface area (Å²) < 4.78 is 16.7. The zero-order valence-electron chi connectivity index (χ0n) is 38.0. The van der Waals surface area contributed by atoms with Gasteiger partial charge in [0.2, 0.25) is 0 Å².